The van der Waals surface area contributed by atoms with E-state index in [0.29, 0.717) is 19.3 Å². The van der Waals surface area contributed by atoms with Gasteiger partial charge in [0.1, 0.15) is 19.3 Å². The Morgan fingerprint density at radius 1 is 0.533 bits per heavy atom. The largest absolute Gasteiger partial charge is 0.463 e. The van der Waals surface area contributed by atoms with E-state index in [0.717, 1.165) is 64.2 Å². The Hall–Kier alpha value is -2.18. The van der Waals surface area contributed by atoms with Crippen LogP contribution < -0.4 is 0 Å². The fourth-order valence-corrected chi connectivity index (χ4v) is 4.80. The number of carbonyl (C=O) groups excluding carboxylic acids is 2. The van der Waals surface area contributed by atoms with Gasteiger partial charge in [0.2, 0.25) is 0 Å². The first-order valence-corrected chi connectivity index (χ1v) is 18.2. The van der Waals surface area contributed by atoms with E-state index in [9.17, 15) is 19.8 Å². The molecule has 0 aromatic rings. The van der Waals surface area contributed by atoms with Crippen LogP contribution in [0.3, 0.4) is 0 Å². The number of unbranched alkanes of at least 4 members (excludes halogenated alkanes) is 14. The fourth-order valence-electron chi connectivity index (χ4n) is 4.80. The predicted molar refractivity (Wildman–Crippen MR) is 188 cm³/mol. The van der Waals surface area contributed by atoms with Gasteiger partial charge in [0.05, 0.1) is 6.10 Å². The highest BCUT2D eigenvalue weighted by atomic mass is 16.6. The monoisotopic (exact) mass is 633 g/mol. The molecular formula is C39H68O6. The van der Waals surface area contributed by atoms with E-state index in [2.05, 4.69) is 55.5 Å². The van der Waals surface area contributed by atoms with Crippen molar-refractivity contribution in [1.82, 2.24) is 0 Å². The quantitative estimate of drug-likeness (QED) is 0.0435. The number of allylic oxidation sites excluding steroid dienone is 8. The number of ether oxygens (including phenoxy) is 2. The van der Waals surface area contributed by atoms with Gasteiger partial charge in [-0.15, -0.1) is 0 Å². The van der Waals surface area contributed by atoms with Crippen molar-refractivity contribution in [1.29, 1.82) is 0 Å². The first-order valence-electron chi connectivity index (χ1n) is 18.2. The molecule has 45 heavy (non-hydrogen) atoms. The summed E-state index contributed by atoms with van der Waals surface area (Å²) in [5.74, 6) is -0.645. The van der Waals surface area contributed by atoms with E-state index >= 15 is 0 Å². The second-order valence-corrected chi connectivity index (χ2v) is 12.3. The Labute approximate surface area is 276 Å². The SMILES string of the molecule is CCCCCCCCCCCCCCCC(=O)OC[C@H](O)COC(=O)CCC/C=C\C/C=C\C/C=C\C/C=C\CCC[C@@H](C)O. The third-order valence-corrected chi connectivity index (χ3v) is 7.59. The Balaban J connectivity index is 3.56. The minimum Gasteiger partial charge on any atom is -0.463 e. The van der Waals surface area contributed by atoms with E-state index in [-0.39, 0.29) is 31.3 Å². The summed E-state index contributed by atoms with van der Waals surface area (Å²) in [6, 6.07) is 0. The van der Waals surface area contributed by atoms with Gasteiger partial charge < -0.3 is 19.7 Å². The van der Waals surface area contributed by atoms with Gasteiger partial charge in [0.15, 0.2) is 0 Å². The lowest BCUT2D eigenvalue weighted by Gasteiger charge is -2.12. The van der Waals surface area contributed by atoms with Crippen LogP contribution in [0.25, 0.3) is 0 Å². The molecule has 2 N–H and O–H groups in total. The van der Waals surface area contributed by atoms with Crippen molar-refractivity contribution >= 4 is 11.9 Å². The smallest absolute Gasteiger partial charge is 0.305 e. The summed E-state index contributed by atoms with van der Waals surface area (Å²) in [7, 11) is 0. The van der Waals surface area contributed by atoms with Crippen molar-refractivity contribution in [3.8, 4) is 0 Å². The summed E-state index contributed by atoms with van der Waals surface area (Å²) >= 11 is 0. The van der Waals surface area contributed by atoms with Gasteiger partial charge in [0, 0.05) is 12.8 Å². The molecule has 0 fully saturated rings. The van der Waals surface area contributed by atoms with Crippen LogP contribution >= 0.6 is 0 Å². The van der Waals surface area contributed by atoms with Gasteiger partial charge in [-0.2, -0.15) is 0 Å². The number of aliphatic hydroxyl groups excluding tert-OH is 2. The second-order valence-electron chi connectivity index (χ2n) is 12.3. The zero-order valence-electron chi connectivity index (χ0n) is 29.0. The van der Waals surface area contributed by atoms with Gasteiger partial charge in [-0.1, -0.05) is 133 Å². The summed E-state index contributed by atoms with van der Waals surface area (Å²) in [4.78, 5) is 23.8. The average Bonchev–Trinajstić information content (AvgIpc) is 3.02. The first-order chi connectivity index (χ1) is 22.0. The normalized spacial score (nSPS) is 13.4. The molecule has 0 saturated heterocycles. The molecule has 2 atom stereocenters. The van der Waals surface area contributed by atoms with Crippen LogP contribution in [-0.4, -0.2) is 47.6 Å². The summed E-state index contributed by atoms with van der Waals surface area (Å²) in [6.45, 7) is 3.79. The van der Waals surface area contributed by atoms with Crippen LogP contribution in [0.15, 0.2) is 48.6 Å². The topological polar surface area (TPSA) is 93.1 Å². The maximum Gasteiger partial charge on any atom is 0.305 e. The van der Waals surface area contributed by atoms with E-state index in [4.69, 9.17) is 9.47 Å². The van der Waals surface area contributed by atoms with Crippen LogP contribution in [0.4, 0.5) is 0 Å². The highest BCUT2D eigenvalue weighted by Gasteiger charge is 2.12. The van der Waals surface area contributed by atoms with Crippen LogP contribution in [-0.2, 0) is 19.1 Å². The lowest BCUT2D eigenvalue weighted by Crippen LogP contribution is -2.25. The molecule has 0 heterocycles. The van der Waals surface area contributed by atoms with Gasteiger partial charge >= 0.3 is 11.9 Å². The molecular weight excluding hydrogens is 564 g/mol. The fraction of sp³-hybridized carbons (Fsp3) is 0.744. The molecule has 0 aromatic carbocycles. The Bertz CT molecular complexity index is 782. The molecule has 0 aromatic heterocycles. The van der Waals surface area contributed by atoms with Crippen molar-refractivity contribution in [2.45, 2.75) is 174 Å². The molecule has 0 aliphatic carbocycles. The minimum absolute atomic E-state index is 0.140. The third-order valence-electron chi connectivity index (χ3n) is 7.59. The van der Waals surface area contributed by atoms with Crippen molar-refractivity contribution in [3.63, 3.8) is 0 Å². The molecule has 260 valence electrons. The highest BCUT2D eigenvalue weighted by molar-refractivity contribution is 5.69. The van der Waals surface area contributed by atoms with E-state index in [1.807, 2.05) is 6.92 Å². The molecule has 6 heteroatoms. The van der Waals surface area contributed by atoms with Gasteiger partial charge in [-0.05, 0) is 64.7 Å². The molecule has 0 rings (SSSR count). The zero-order valence-corrected chi connectivity index (χ0v) is 29.0. The van der Waals surface area contributed by atoms with Gasteiger partial charge in [-0.25, -0.2) is 0 Å². The van der Waals surface area contributed by atoms with Crippen molar-refractivity contribution < 1.29 is 29.3 Å². The molecule has 0 radical (unpaired) electrons. The predicted octanol–water partition coefficient (Wildman–Crippen LogP) is 10.0. The minimum atomic E-state index is -0.992. The first kappa shape index (κ1) is 42.8. The van der Waals surface area contributed by atoms with Crippen LogP contribution in [0.1, 0.15) is 162 Å². The van der Waals surface area contributed by atoms with Gasteiger partial charge in [-0.3, -0.25) is 9.59 Å². The number of rotatable bonds is 32. The van der Waals surface area contributed by atoms with Crippen molar-refractivity contribution in [2.75, 3.05) is 13.2 Å². The van der Waals surface area contributed by atoms with Crippen molar-refractivity contribution in [3.05, 3.63) is 48.6 Å². The molecule has 0 unspecified atom stereocenters. The molecule has 0 amide bonds. The van der Waals surface area contributed by atoms with Crippen LogP contribution in [0.2, 0.25) is 0 Å². The number of carbonyl (C=O) groups is 2. The van der Waals surface area contributed by atoms with E-state index in [1.165, 1.54) is 64.2 Å². The third kappa shape index (κ3) is 36.2. The van der Waals surface area contributed by atoms with Crippen LogP contribution in [0, 0.1) is 0 Å². The maximum absolute atomic E-state index is 11.9. The molecule has 0 bridgehead atoms. The Kier molecular flexibility index (Phi) is 33.0. The Morgan fingerprint density at radius 3 is 1.36 bits per heavy atom. The van der Waals surface area contributed by atoms with E-state index in [1.54, 1.807) is 0 Å². The molecule has 0 aliphatic heterocycles. The average molecular weight is 633 g/mol. The summed E-state index contributed by atoms with van der Waals surface area (Å²) in [6.07, 6.45) is 40.1. The lowest BCUT2D eigenvalue weighted by atomic mass is 10.0. The molecule has 0 spiro atoms. The summed E-state index contributed by atoms with van der Waals surface area (Å²) < 4.78 is 10.3. The number of aliphatic hydroxyl groups is 2. The number of esters is 2. The second kappa shape index (κ2) is 34.7. The highest BCUT2D eigenvalue weighted by Crippen LogP contribution is 2.13. The Morgan fingerprint density at radius 2 is 0.911 bits per heavy atom. The van der Waals surface area contributed by atoms with Gasteiger partial charge in [0.25, 0.3) is 0 Å². The van der Waals surface area contributed by atoms with Crippen LogP contribution in [0.5, 0.6) is 0 Å². The zero-order chi connectivity index (χ0) is 33.1. The standard InChI is InChI=1S/C39H68O6/c1-3-4-5-6-7-8-9-13-17-20-23-26-29-32-38(42)44-34-37(41)35-45-39(43)33-30-27-24-21-18-15-12-10-11-14-16-19-22-25-28-31-36(2)40/h11-12,14-15,19,21-22,24,36-37,40-41H,3-10,13,16-18,20,23,25-35H2,1-2H3/b14-11-,15-12-,22-19-,24-21-/t36-,37+/m1/s1. The van der Waals surface area contributed by atoms with E-state index < -0.39 is 6.10 Å². The molecule has 0 aliphatic rings. The number of hydrogen-bond acceptors (Lipinski definition) is 6. The maximum atomic E-state index is 11.9. The summed E-state index contributed by atoms with van der Waals surface area (Å²) in [5, 5.41) is 19.2. The molecule has 6 nitrogen and oxygen atoms in total. The summed E-state index contributed by atoms with van der Waals surface area (Å²) in [5.41, 5.74) is 0. The molecule has 0 saturated carbocycles. The lowest BCUT2D eigenvalue weighted by molar-refractivity contribution is -0.152. The number of hydrogen-bond donors (Lipinski definition) is 2. The van der Waals surface area contributed by atoms with Crippen molar-refractivity contribution in [2.24, 2.45) is 0 Å².